The second-order valence-corrected chi connectivity index (χ2v) is 2.79. The van der Waals surface area contributed by atoms with Gasteiger partial charge in [0, 0.05) is 12.6 Å². The molecule has 1 aliphatic heterocycles. The number of hydrogen-bond donors (Lipinski definition) is 1. The molecule has 15 heavy (non-hydrogen) atoms. The van der Waals surface area contributed by atoms with E-state index in [2.05, 4.69) is 10.1 Å². The van der Waals surface area contributed by atoms with E-state index in [1.807, 2.05) is 0 Å². The zero-order chi connectivity index (χ0) is 11.4. The van der Waals surface area contributed by atoms with Crippen LogP contribution in [0.5, 0.6) is 0 Å². The molecule has 0 aliphatic carbocycles. The third-order valence-electron chi connectivity index (χ3n) is 1.84. The van der Waals surface area contributed by atoms with Crippen LogP contribution in [0.4, 0.5) is 4.79 Å². The molecule has 0 saturated heterocycles. The number of amides is 3. The summed E-state index contributed by atoms with van der Waals surface area (Å²) in [6.07, 6.45) is 0.353. The molecular formula is C9H12N2O4. The predicted molar refractivity (Wildman–Crippen MR) is 50.6 cm³/mol. The average molecular weight is 212 g/mol. The van der Waals surface area contributed by atoms with Crippen molar-refractivity contribution in [3.63, 3.8) is 0 Å². The van der Waals surface area contributed by atoms with Crippen molar-refractivity contribution in [1.82, 2.24) is 10.2 Å². The van der Waals surface area contributed by atoms with E-state index in [4.69, 9.17) is 0 Å². The zero-order valence-electron chi connectivity index (χ0n) is 8.57. The molecule has 0 bridgehead atoms. The van der Waals surface area contributed by atoms with E-state index >= 15 is 0 Å². The number of carbonyl (C=O) groups excluding carboxylic acids is 3. The number of likely N-dealkylation sites (N-methyl/N-ethyl adjacent to an activating group) is 1. The first-order valence-electron chi connectivity index (χ1n) is 4.61. The molecule has 0 unspecified atom stereocenters. The molecule has 0 radical (unpaired) electrons. The summed E-state index contributed by atoms with van der Waals surface area (Å²) >= 11 is 0. The highest BCUT2D eigenvalue weighted by Crippen LogP contribution is 2.09. The molecule has 1 heterocycles. The number of alkyl carbamates (subject to hydrolysis) is 1. The number of ether oxygens (including phenoxy) is 1. The van der Waals surface area contributed by atoms with Crippen molar-refractivity contribution in [2.24, 2.45) is 0 Å². The van der Waals surface area contributed by atoms with Crippen LogP contribution in [0.25, 0.3) is 0 Å². The van der Waals surface area contributed by atoms with E-state index in [0.29, 0.717) is 0 Å². The third kappa shape index (κ3) is 2.34. The van der Waals surface area contributed by atoms with Crippen molar-refractivity contribution in [2.45, 2.75) is 13.8 Å². The van der Waals surface area contributed by atoms with Crippen LogP contribution in [0, 0.1) is 0 Å². The Morgan fingerprint density at radius 3 is 2.60 bits per heavy atom. The number of hydrogen-bond acceptors (Lipinski definition) is 4. The molecule has 3 amide bonds. The molecule has 0 atom stereocenters. The van der Waals surface area contributed by atoms with E-state index < -0.39 is 17.9 Å². The minimum Gasteiger partial charge on any atom is -0.450 e. The maximum Gasteiger partial charge on any atom is 0.411 e. The SMILES string of the molecule is CCOC(=O)NC1=CC(=O)N(CC)C1=O. The van der Waals surface area contributed by atoms with Gasteiger partial charge in [-0.1, -0.05) is 0 Å². The maximum absolute atomic E-state index is 11.5. The lowest BCUT2D eigenvalue weighted by Gasteiger charge is -2.11. The lowest BCUT2D eigenvalue weighted by atomic mass is 10.4. The van der Waals surface area contributed by atoms with Crippen LogP contribution in [0.2, 0.25) is 0 Å². The van der Waals surface area contributed by atoms with Crippen LogP contribution in [-0.2, 0) is 14.3 Å². The Morgan fingerprint density at radius 1 is 1.47 bits per heavy atom. The van der Waals surface area contributed by atoms with E-state index in [-0.39, 0.29) is 18.8 Å². The van der Waals surface area contributed by atoms with Gasteiger partial charge in [0.15, 0.2) is 0 Å². The monoisotopic (exact) mass is 212 g/mol. The summed E-state index contributed by atoms with van der Waals surface area (Å²) < 4.78 is 4.58. The average Bonchev–Trinajstić information content (AvgIpc) is 2.42. The fourth-order valence-corrected chi connectivity index (χ4v) is 1.17. The van der Waals surface area contributed by atoms with Gasteiger partial charge in [0.1, 0.15) is 5.70 Å². The van der Waals surface area contributed by atoms with Gasteiger partial charge < -0.3 is 4.74 Å². The highest BCUT2D eigenvalue weighted by Gasteiger charge is 2.30. The van der Waals surface area contributed by atoms with Gasteiger partial charge in [-0.3, -0.25) is 19.8 Å². The number of rotatable bonds is 3. The first kappa shape index (κ1) is 11.2. The molecular weight excluding hydrogens is 200 g/mol. The summed E-state index contributed by atoms with van der Waals surface area (Å²) in [5.74, 6) is -0.926. The van der Waals surface area contributed by atoms with Crippen LogP contribution in [0.1, 0.15) is 13.8 Å². The Bertz CT molecular complexity index is 335. The van der Waals surface area contributed by atoms with Gasteiger partial charge >= 0.3 is 6.09 Å². The maximum atomic E-state index is 11.5. The minimum absolute atomic E-state index is 0.0414. The van der Waals surface area contributed by atoms with E-state index in [1.54, 1.807) is 13.8 Å². The molecule has 82 valence electrons. The van der Waals surface area contributed by atoms with E-state index in [9.17, 15) is 14.4 Å². The summed E-state index contributed by atoms with van der Waals surface area (Å²) in [5.41, 5.74) is -0.0414. The zero-order valence-corrected chi connectivity index (χ0v) is 8.57. The molecule has 0 saturated carbocycles. The van der Waals surface area contributed by atoms with Crippen molar-refractivity contribution in [3.05, 3.63) is 11.8 Å². The topological polar surface area (TPSA) is 75.7 Å². The molecule has 0 fully saturated rings. The lowest BCUT2D eigenvalue weighted by molar-refractivity contribution is -0.137. The fourth-order valence-electron chi connectivity index (χ4n) is 1.17. The van der Waals surface area contributed by atoms with Crippen molar-refractivity contribution >= 4 is 17.9 Å². The summed E-state index contributed by atoms with van der Waals surface area (Å²) in [7, 11) is 0. The first-order chi connectivity index (χ1) is 7.10. The quantitative estimate of drug-likeness (QED) is 0.668. The number of nitrogens with one attached hydrogen (secondary N) is 1. The standard InChI is InChI=1S/C9H12N2O4/c1-3-11-7(12)5-6(8(11)13)10-9(14)15-4-2/h5H,3-4H2,1-2H3,(H,10,14). The molecule has 0 aromatic carbocycles. The summed E-state index contributed by atoms with van der Waals surface area (Å²) in [6.45, 7) is 3.81. The van der Waals surface area contributed by atoms with Gasteiger partial charge in [-0.2, -0.15) is 0 Å². The van der Waals surface area contributed by atoms with Gasteiger partial charge in [-0.05, 0) is 13.8 Å². The fraction of sp³-hybridized carbons (Fsp3) is 0.444. The van der Waals surface area contributed by atoms with E-state index in [1.165, 1.54) is 0 Å². The number of imide groups is 1. The van der Waals surface area contributed by atoms with Crippen LogP contribution < -0.4 is 5.32 Å². The largest absolute Gasteiger partial charge is 0.450 e. The van der Waals surface area contributed by atoms with Crippen LogP contribution in [0.3, 0.4) is 0 Å². The Balaban J connectivity index is 2.65. The number of carbonyl (C=O) groups is 3. The highest BCUT2D eigenvalue weighted by molar-refractivity contribution is 6.16. The van der Waals surface area contributed by atoms with Crippen LogP contribution >= 0.6 is 0 Å². The van der Waals surface area contributed by atoms with Crippen molar-refractivity contribution in [1.29, 1.82) is 0 Å². The Labute approximate surface area is 86.9 Å². The van der Waals surface area contributed by atoms with Crippen LogP contribution in [0.15, 0.2) is 11.8 Å². The molecule has 1 rings (SSSR count). The van der Waals surface area contributed by atoms with Gasteiger partial charge in [0.05, 0.1) is 6.61 Å². The van der Waals surface area contributed by atoms with Gasteiger partial charge in [0.25, 0.3) is 11.8 Å². The summed E-state index contributed by atoms with van der Waals surface area (Å²) in [4.78, 5) is 34.7. The molecule has 0 spiro atoms. The second-order valence-electron chi connectivity index (χ2n) is 2.79. The van der Waals surface area contributed by atoms with Crippen molar-refractivity contribution < 1.29 is 19.1 Å². The van der Waals surface area contributed by atoms with Crippen molar-refractivity contribution in [2.75, 3.05) is 13.2 Å². The lowest BCUT2D eigenvalue weighted by Crippen LogP contribution is -2.35. The molecule has 0 aromatic rings. The number of nitrogens with zero attached hydrogens (tertiary/aromatic N) is 1. The summed E-state index contributed by atoms with van der Waals surface area (Å²) in [6, 6.07) is 0. The highest BCUT2D eigenvalue weighted by atomic mass is 16.5. The first-order valence-corrected chi connectivity index (χ1v) is 4.61. The molecule has 6 nitrogen and oxygen atoms in total. The van der Waals surface area contributed by atoms with Crippen LogP contribution in [-0.4, -0.2) is 36.0 Å². The van der Waals surface area contributed by atoms with Gasteiger partial charge in [-0.25, -0.2) is 4.79 Å². The van der Waals surface area contributed by atoms with Gasteiger partial charge in [0.2, 0.25) is 0 Å². The Kier molecular flexibility index (Phi) is 3.43. The second kappa shape index (κ2) is 4.59. The molecule has 1 aliphatic rings. The van der Waals surface area contributed by atoms with E-state index in [0.717, 1.165) is 11.0 Å². The minimum atomic E-state index is -0.733. The molecule has 1 N–H and O–H groups in total. The normalized spacial score (nSPS) is 15.3. The molecule has 6 heteroatoms. The van der Waals surface area contributed by atoms with Gasteiger partial charge in [-0.15, -0.1) is 0 Å². The smallest absolute Gasteiger partial charge is 0.411 e. The van der Waals surface area contributed by atoms with Crippen molar-refractivity contribution in [3.8, 4) is 0 Å². The Morgan fingerprint density at radius 2 is 2.13 bits per heavy atom. The Hall–Kier alpha value is -1.85. The third-order valence-corrected chi connectivity index (χ3v) is 1.84. The molecule has 0 aromatic heterocycles. The summed E-state index contributed by atoms with van der Waals surface area (Å²) in [5, 5.41) is 2.21. The predicted octanol–water partition coefficient (Wildman–Crippen LogP) is 0.00510.